The SMILES string of the molecule is CN(C)CCOCCN(C)C=O.CN(C)CCOCCNC=O.CN(C=O)CCOCCN(C)C=O.CN(C=O)CCOCCNC=O. The van der Waals surface area contributed by atoms with Gasteiger partial charge in [0.2, 0.25) is 38.5 Å². The van der Waals surface area contributed by atoms with Crippen molar-refractivity contribution in [2.24, 2.45) is 0 Å². The van der Waals surface area contributed by atoms with E-state index in [9.17, 15) is 28.8 Å². The van der Waals surface area contributed by atoms with Gasteiger partial charge in [-0.25, -0.2) is 0 Å². The van der Waals surface area contributed by atoms with Crippen LogP contribution in [0.4, 0.5) is 0 Å². The second kappa shape index (κ2) is 43.6. The number of amides is 6. The van der Waals surface area contributed by atoms with E-state index in [-0.39, 0.29) is 0 Å². The number of hydrogen-bond donors (Lipinski definition) is 2. The van der Waals surface area contributed by atoms with Gasteiger partial charge in [0.05, 0.1) is 52.9 Å². The van der Waals surface area contributed by atoms with Gasteiger partial charge in [-0.05, 0) is 28.2 Å². The molecule has 0 aliphatic rings. The Labute approximate surface area is 287 Å². The summed E-state index contributed by atoms with van der Waals surface area (Å²) in [6.07, 6.45) is 4.35. The molecule has 0 bridgehead atoms. The van der Waals surface area contributed by atoms with E-state index >= 15 is 0 Å². The lowest BCUT2D eigenvalue weighted by Gasteiger charge is -2.12. The second-order valence-corrected chi connectivity index (χ2v) is 10.5. The fourth-order valence-corrected chi connectivity index (χ4v) is 2.33. The predicted molar refractivity (Wildman–Crippen MR) is 183 cm³/mol. The summed E-state index contributed by atoms with van der Waals surface area (Å²) in [5, 5.41) is 4.98. The van der Waals surface area contributed by atoms with Gasteiger partial charge in [-0.15, -0.1) is 0 Å². The van der Waals surface area contributed by atoms with Crippen molar-refractivity contribution < 1.29 is 47.7 Å². The molecule has 0 heterocycles. The van der Waals surface area contributed by atoms with Gasteiger partial charge in [0.15, 0.2) is 0 Å². The molecular formula is C30H64N8O10. The molecule has 0 saturated carbocycles. The fourth-order valence-electron chi connectivity index (χ4n) is 2.33. The summed E-state index contributed by atoms with van der Waals surface area (Å²) in [6, 6.07) is 0. The summed E-state index contributed by atoms with van der Waals surface area (Å²) in [4.78, 5) is 70.2. The first-order valence-electron chi connectivity index (χ1n) is 15.5. The number of nitrogens with zero attached hydrogens (tertiary/aromatic N) is 6. The summed E-state index contributed by atoms with van der Waals surface area (Å²) in [7, 11) is 14.8. The largest absolute Gasteiger partial charge is 0.378 e. The first-order chi connectivity index (χ1) is 22.9. The lowest BCUT2D eigenvalue weighted by atomic mass is 10.6. The average molecular weight is 697 g/mol. The first-order valence-corrected chi connectivity index (χ1v) is 15.5. The molecule has 0 atom stereocenters. The maximum Gasteiger partial charge on any atom is 0.209 e. The first kappa shape index (κ1) is 51.4. The summed E-state index contributed by atoms with van der Waals surface area (Å²) < 4.78 is 20.7. The van der Waals surface area contributed by atoms with Crippen molar-refractivity contribution in [3.05, 3.63) is 0 Å². The van der Waals surface area contributed by atoms with Crippen LogP contribution in [0.15, 0.2) is 0 Å². The van der Waals surface area contributed by atoms with Crippen LogP contribution in [0, 0.1) is 0 Å². The van der Waals surface area contributed by atoms with Crippen molar-refractivity contribution in [1.82, 2.24) is 40.0 Å². The van der Waals surface area contributed by atoms with E-state index in [1.54, 1.807) is 33.1 Å². The molecule has 0 aromatic heterocycles. The van der Waals surface area contributed by atoms with Gasteiger partial charge in [0, 0.05) is 80.5 Å². The molecule has 48 heavy (non-hydrogen) atoms. The molecule has 0 aromatic rings. The van der Waals surface area contributed by atoms with Gasteiger partial charge >= 0.3 is 0 Å². The highest BCUT2D eigenvalue weighted by Gasteiger charge is 1.96. The standard InChI is InChI=1S/C8H16N2O3.C8H18N2O2.C7H14N2O3.C7H16N2O2/c1-9(7-11)3-5-13-6-4-10(2)8-12;1-9(2)4-6-12-7-5-10(3)8-11;1-9(7-11)3-5-12-4-2-8-6-10;1-9(2)4-6-11-5-3-8-7-10/h7-8H,3-6H2,1-2H3;8H,4-7H2,1-3H3;6-7H,2-5H2,1H3,(H,8,10);7H,3-6H2,1-2H3,(H,8,10). The Bertz CT molecular complexity index is 711. The van der Waals surface area contributed by atoms with Gasteiger partial charge in [0.25, 0.3) is 0 Å². The minimum absolute atomic E-state index is 0.478. The normalized spacial score (nSPS) is 9.71. The highest BCUT2D eigenvalue weighted by molar-refractivity contribution is 5.47. The van der Waals surface area contributed by atoms with Gasteiger partial charge in [-0.3, -0.25) is 28.8 Å². The molecule has 0 saturated heterocycles. The molecule has 0 fully saturated rings. The van der Waals surface area contributed by atoms with E-state index < -0.39 is 0 Å². The maximum absolute atomic E-state index is 10.1. The summed E-state index contributed by atoms with van der Waals surface area (Å²) in [5.74, 6) is 0. The van der Waals surface area contributed by atoms with Crippen molar-refractivity contribution in [3.63, 3.8) is 0 Å². The van der Waals surface area contributed by atoms with Gasteiger partial charge in [-0.1, -0.05) is 0 Å². The molecule has 0 radical (unpaired) electrons. The highest BCUT2D eigenvalue weighted by Crippen LogP contribution is 1.82. The van der Waals surface area contributed by atoms with Crippen LogP contribution >= 0.6 is 0 Å². The molecule has 2 N–H and O–H groups in total. The van der Waals surface area contributed by atoms with E-state index in [1.165, 1.54) is 14.7 Å². The molecule has 0 aliphatic heterocycles. The topological polar surface area (TPSA) is 183 Å². The Balaban J connectivity index is -0.000000269. The Morgan fingerprint density at radius 1 is 0.375 bits per heavy atom. The maximum atomic E-state index is 10.1. The average Bonchev–Trinajstić information content (AvgIpc) is 3.07. The van der Waals surface area contributed by atoms with Crippen LogP contribution < -0.4 is 10.6 Å². The number of ether oxygens (including phenoxy) is 4. The quantitative estimate of drug-likeness (QED) is 0.0574. The van der Waals surface area contributed by atoms with Crippen LogP contribution in [0.1, 0.15) is 0 Å². The summed E-state index contributed by atoms with van der Waals surface area (Å²) in [5.41, 5.74) is 0. The van der Waals surface area contributed by atoms with Crippen molar-refractivity contribution in [1.29, 1.82) is 0 Å². The lowest BCUT2D eigenvalue weighted by molar-refractivity contribution is -0.118. The zero-order valence-electron chi connectivity index (χ0n) is 30.5. The number of carbonyl (C=O) groups excluding carboxylic acids is 6. The molecule has 0 rings (SSSR count). The molecule has 18 heteroatoms. The molecule has 18 nitrogen and oxygen atoms in total. The monoisotopic (exact) mass is 696 g/mol. The van der Waals surface area contributed by atoms with Crippen LogP contribution in [-0.2, 0) is 47.7 Å². The Kier molecular flexibility index (Phi) is 46.7. The number of hydrogen-bond acceptors (Lipinski definition) is 12. The molecule has 6 amide bonds. The minimum Gasteiger partial charge on any atom is -0.378 e. The van der Waals surface area contributed by atoms with E-state index in [2.05, 4.69) is 15.5 Å². The molecule has 0 unspecified atom stereocenters. The number of nitrogens with one attached hydrogen (secondary N) is 2. The number of carbonyl (C=O) groups is 6. The third-order valence-electron chi connectivity index (χ3n) is 5.39. The molecule has 0 aromatic carbocycles. The Morgan fingerprint density at radius 2 is 0.604 bits per heavy atom. The third-order valence-corrected chi connectivity index (χ3v) is 5.39. The van der Waals surface area contributed by atoms with Crippen LogP contribution in [0.25, 0.3) is 0 Å². The van der Waals surface area contributed by atoms with E-state index in [0.29, 0.717) is 98.3 Å². The number of likely N-dealkylation sites (N-methyl/N-ethyl adjacent to an activating group) is 6. The molecular weight excluding hydrogens is 632 g/mol. The van der Waals surface area contributed by atoms with Crippen LogP contribution in [0.5, 0.6) is 0 Å². The van der Waals surface area contributed by atoms with Crippen molar-refractivity contribution >= 4 is 38.5 Å². The van der Waals surface area contributed by atoms with E-state index in [4.69, 9.17) is 18.9 Å². The van der Waals surface area contributed by atoms with Crippen molar-refractivity contribution in [2.75, 3.05) is 162 Å². The highest BCUT2D eigenvalue weighted by atomic mass is 16.5. The Hall–Kier alpha value is -3.42. The number of rotatable bonds is 30. The van der Waals surface area contributed by atoms with Crippen LogP contribution in [0.2, 0.25) is 0 Å². The van der Waals surface area contributed by atoms with Crippen LogP contribution in [-0.4, -0.2) is 229 Å². The second-order valence-electron chi connectivity index (χ2n) is 10.5. The predicted octanol–water partition coefficient (Wildman–Crippen LogP) is -3.02. The van der Waals surface area contributed by atoms with Gasteiger partial charge in [-0.2, -0.15) is 0 Å². The van der Waals surface area contributed by atoms with Crippen LogP contribution in [0.3, 0.4) is 0 Å². The third kappa shape index (κ3) is 55.0. The van der Waals surface area contributed by atoms with Crippen molar-refractivity contribution in [2.45, 2.75) is 0 Å². The molecule has 0 spiro atoms. The summed E-state index contributed by atoms with van der Waals surface area (Å²) in [6.45, 7) is 9.95. The smallest absolute Gasteiger partial charge is 0.209 e. The minimum atomic E-state index is 0.478. The fraction of sp³-hybridized carbons (Fsp3) is 0.800. The van der Waals surface area contributed by atoms with Crippen molar-refractivity contribution in [3.8, 4) is 0 Å². The zero-order chi connectivity index (χ0) is 37.3. The van der Waals surface area contributed by atoms with E-state index in [1.807, 2.05) is 33.1 Å². The molecule has 284 valence electrons. The zero-order valence-corrected chi connectivity index (χ0v) is 30.5. The molecule has 0 aliphatic carbocycles. The summed E-state index contributed by atoms with van der Waals surface area (Å²) >= 11 is 0. The lowest BCUT2D eigenvalue weighted by Crippen LogP contribution is -2.25. The Morgan fingerprint density at radius 3 is 0.812 bits per heavy atom. The van der Waals surface area contributed by atoms with E-state index in [0.717, 1.165) is 45.3 Å². The van der Waals surface area contributed by atoms with Gasteiger partial charge < -0.3 is 59.0 Å². The van der Waals surface area contributed by atoms with Gasteiger partial charge in [0.1, 0.15) is 0 Å².